The second-order valence-corrected chi connectivity index (χ2v) is 8.35. The van der Waals surface area contributed by atoms with Crippen LogP contribution in [0.15, 0.2) is 72.3 Å². The standard InChI is InChI=1S/C24H18F4N4OS/c1-31(13-15-6-8-29-9-7-15)23(33)21-12-30-24(32(21)19-4-2-17(25)3-5-19)34-14-16-10-18(26)11-20(27)22(16)28/h2-12H,13-14H2,1H3. The van der Waals surface area contributed by atoms with Crippen LogP contribution in [0.5, 0.6) is 0 Å². The van der Waals surface area contributed by atoms with Crippen molar-refractivity contribution in [1.82, 2.24) is 19.4 Å². The average Bonchev–Trinajstić information content (AvgIpc) is 3.25. The van der Waals surface area contributed by atoms with E-state index < -0.39 is 23.3 Å². The third-order valence-corrected chi connectivity index (χ3v) is 5.98. The van der Waals surface area contributed by atoms with Gasteiger partial charge < -0.3 is 4.90 Å². The van der Waals surface area contributed by atoms with Gasteiger partial charge in [-0.2, -0.15) is 0 Å². The summed E-state index contributed by atoms with van der Waals surface area (Å²) in [5, 5.41) is 0.274. The highest BCUT2D eigenvalue weighted by molar-refractivity contribution is 7.98. The second-order valence-electron chi connectivity index (χ2n) is 7.40. The lowest BCUT2D eigenvalue weighted by Gasteiger charge is -2.19. The topological polar surface area (TPSA) is 51.0 Å². The molecule has 0 bridgehead atoms. The Hall–Kier alpha value is -3.66. The van der Waals surface area contributed by atoms with Gasteiger partial charge in [-0.05, 0) is 48.0 Å². The van der Waals surface area contributed by atoms with Crippen molar-refractivity contribution in [3.63, 3.8) is 0 Å². The van der Waals surface area contributed by atoms with Gasteiger partial charge in [-0.1, -0.05) is 11.8 Å². The van der Waals surface area contributed by atoms with Gasteiger partial charge in [0.1, 0.15) is 17.3 Å². The minimum atomic E-state index is -1.29. The van der Waals surface area contributed by atoms with Crippen LogP contribution in [0.4, 0.5) is 17.6 Å². The van der Waals surface area contributed by atoms with Crippen LogP contribution in [0.25, 0.3) is 5.69 Å². The first kappa shape index (κ1) is 23.5. The van der Waals surface area contributed by atoms with Crippen LogP contribution in [-0.4, -0.2) is 32.4 Å². The number of imidazole rings is 1. The summed E-state index contributed by atoms with van der Waals surface area (Å²) in [5.41, 5.74) is 1.33. The molecule has 0 aliphatic rings. The normalized spacial score (nSPS) is 11.0. The van der Waals surface area contributed by atoms with Crippen molar-refractivity contribution in [2.45, 2.75) is 17.5 Å². The first-order valence-electron chi connectivity index (χ1n) is 10.1. The molecule has 0 unspecified atom stereocenters. The Balaban J connectivity index is 1.66. The quantitative estimate of drug-likeness (QED) is 0.200. The van der Waals surface area contributed by atoms with Crippen molar-refractivity contribution in [3.8, 4) is 5.69 Å². The molecule has 0 radical (unpaired) electrons. The van der Waals surface area contributed by atoms with Gasteiger partial charge in [-0.3, -0.25) is 14.3 Å². The number of thioether (sulfide) groups is 1. The van der Waals surface area contributed by atoms with Gasteiger partial charge in [0.2, 0.25) is 0 Å². The lowest BCUT2D eigenvalue weighted by Crippen LogP contribution is -2.28. The van der Waals surface area contributed by atoms with Gasteiger partial charge in [0.25, 0.3) is 5.91 Å². The van der Waals surface area contributed by atoms with E-state index in [0.717, 1.165) is 23.4 Å². The van der Waals surface area contributed by atoms with E-state index in [4.69, 9.17) is 0 Å². The fourth-order valence-corrected chi connectivity index (χ4v) is 4.27. The van der Waals surface area contributed by atoms with Crippen molar-refractivity contribution >= 4 is 17.7 Å². The van der Waals surface area contributed by atoms with E-state index in [2.05, 4.69) is 9.97 Å². The van der Waals surface area contributed by atoms with Crippen LogP contribution in [0.1, 0.15) is 21.6 Å². The summed E-state index contributed by atoms with van der Waals surface area (Å²) in [7, 11) is 1.63. The Kier molecular flexibility index (Phi) is 6.97. The Morgan fingerprint density at radius 1 is 1.00 bits per heavy atom. The molecule has 2 aromatic heterocycles. The number of nitrogens with zero attached hydrogens (tertiary/aromatic N) is 4. The molecule has 0 spiro atoms. The maximum atomic E-state index is 14.1. The van der Waals surface area contributed by atoms with Crippen molar-refractivity contribution in [2.75, 3.05) is 7.05 Å². The van der Waals surface area contributed by atoms with Crippen molar-refractivity contribution in [2.24, 2.45) is 0 Å². The molecule has 5 nitrogen and oxygen atoms in total. The van der Waals surface area contributed by atoms with Gasteiger partial charge in [-0.25, -0.2) is 22.5 Å². The number of rotatable bonds is 7. The molecule has 174 valence electrons. The Morgan fingerprint density at radius 3 is 2.41 bits per heavy atom. The largest absolute Gasteiger partial charge is 0.336 e. The predicted molar refractivity (Wildman–Crippen MR) is 119 cm³/mol. The van der Waals surface area contributed by atoms with Crippen LogP contribution in [0.3, 0.4) is 0 Å². The molecular formula is C24H18F4N4OS. The van der Waals surface area contributed by atoms with Crippen LogP contribution in [0, 0.1) is 23.3 Å². The molecule has 0 fully saturated rings. The number of carbonyl (C=O) groups is 1. The van der Waals surface area contributed by atoms with E-state index in [-0.39, 0.29) is 28.1 Å². The van der Waals surface area contributed by atoms with Gasteiger partial charge >= 0.3 is 0 Å². The van der Waals surface area contributed by atoms with Crippen LogP contribution in [-0.2, 0) is 12.3 Å². The number of halogens is 4. The van der Waals surface area contributed by atoms with E-state index in [1.54, 1.807) is 31.6 Å². The molecule has 4 aromatic rings. The van der Waals surface area contributed by atoms with Gasteiger partial charge in [-0.15, -0.1) is 0 Å². The molecule has 0 saturated heterocycles. The highest BCUT2D eigenvalue weighted by Gasteiger charge is 2.22. The molecule has 0 aliphatic carbocycles. The minimum Gasteiger partial charge on any atom is -0.336 e. The maximum Gasteiger partial charge on any atom is 0.272 e. The summed E-state index contributed by atoms with van der Waals surface area (Å²) in [6, 6.07) is 10.4. The number of pyridine rings is 1. The zero-order valence-corrected chi connectivity index (χ0v) is 18.7. The third-order valence-electron chi connectivity index (χ3n) is 4.97. The molecule has 34 heavy (non-hydrogen) atoms. The zero-order valence-electron chi connectivity index (χ0n) is 17.9. The molecule has 0 N–H and O–H groups in total. The van der Waals surface area contributed by atoms with Crippen molar-refractivity contribution < 1.29 is 22.4 Å². The van der Waals surface area contributed by atoms with Crippen molar-refractivity contribution in [1.29, 1.82) is 0 Å². The molecule has 0 aliphatic heterocycles. The minimum absolute atomic E-state index is 0.140. The summed E-state index contributed by atoms with van der Waals surface area (Å²) < 4.78 is 56.3. The van der Waals surface area contributed by atoms with Crippen LogP contribution < -0.4 is 0 Å². The number of hydrogen-bond donors (Lipinski definition) is 0. The first-order valence-corrected chi connectivity index (χ1v) is 11.1. The van der Waals surface area contributed by atoms with E-state index >= 15 is 0 Å². The lowest BCUT2D eigenvalue weighted by molar-refractivity contribution is 0.0776. The fraction of sp³-hybridized carbons (Fsp3) is 0.125. The SMILES string of the molecule is CN(Cc1ccncc1)C(=O)c1cnc(SCc2cc(F)cc(F)c2F)n1-c1ccc(F)cc1. The monoisotopic (exact) mass is 486 g/mol. The molecule has 0 atom stereocenters. The number of benzene rings is 2. The molecule has 0 saturated carbocycles. The number of carbonyl (C=O) groups excluding carboxylic acids is 1. The summed E-state index contributed by atoms with van der Waals surface area (Å²) >= 11 is 0.990. The number of hydrogen-bond acceptors (Lipinski definition) is 4. The molecule has 1 amide bonds. The van der Waals surface area contributed by atoms with E-state index in [0.29, 0.717) is 18.3 Å². The summed E-state index contributed by atoms with van der Waals surface area (Å²) in [4.78, 5) is 23.0. The predicted octanol–water partition coefficient (Wildman–Crippen LogP) is 5.39. The highest BCUT2D eigenvalue weighted by Crippen LogP contribution is 2.29. The summed E-state index contributed by atoms with van der Waals surface area (Å²) in [6.07, 6.45) is 4.61. The smallest absolute Gasteiger partial charge is 0.272 e. The fourth-order valence-electron chi connectivity index (χ4n) is 3.31. The van der Waals surface area contributed by atoms with Gasteiger partial charge in [0, 0.05) is 49.1 Å². The number of amides is 1. The van der Waals surface area contributed by atoms with Gasteiger partial charge in [0.15, 0.2) is 16.8 Å². The second kappa shape index (κ2) is 10.1. The Labute approximate surface area is 197 Å². The van der Waals surface area contributed by atoms with E-state index in [1.807, 2.05) is 0 Å². The van der Waals surface area contributed by atoms with Crippen molar-refractivity contribution in [3.05, 3.63) is 107 Å². The number of aromatic nitrogens is 3. The molecule has 4 rings (SSSR count). The molecular weight excluding hydrogens is 468 g/mol. The van der Waals surface area contributed by atoms with Crippen LogP contribution >= 0.6 is 11.8 Å². The molecule has 2 aromatic carbocycles. The Bertz CT molecular complexity index is 1310. The highest BCUT2D eigenvalue weighted by atomic mass is 32.2. The van der Waals surface area contributed by atoms with E-state index in [1.165, 1.54) is 39.9 Å². The Morgan fingerprint density at radius 2 is 1.71 bits per heavy atom. The maximum absolute atomic E-state index is 14.1. The molecule has 10 heteroatoms. The van der Waals surface area contributed by atoms with E-state index in [9.17, 15) is 22.4 Å². The summed E-state index contributed by atoms with van der Waals surface area (Å²) in [6.45, 7) is 0.312. The third kappa shape index (κ3) is 5.12. The first-order chi connectivity index (χ1) is 16.3. The average molecular weight is 486 g/mol. The van der Waals surface area contributed by atoms with Gasteiger partial charge in [0.05, 0.1) is 6.20 Å². The molecule has 2 heterocycles. The summed E-state index contributed by atoms with van der Waals surface area (Å²) in [5.74, 6) is -4.29. The lowest BCUT2D eigenvalue weighted by atomic mass is 10.2. The van der Waals surface area contributed by atoms with Crippen LogP contribution in [0.2, 0.25) is 0 Å². The zero-order chi connectivity index (χ0) is 24.2.